The predicted octanol–water partition coefficient (Wildman–Crippen LogP) is 6.46. The van der Waals surface area contributed by atoms with Gasteiger partial charge in [0.15, 0.2) is 0 Å². The van der Waals surface area contributed by atoms with Crippen LogP contribution in [0.2, 0.25) is 5.02 Å². The zero-order chi connectivity index (χ0) is 25.8. The minimum atomic E-state index is -0.212. The van der Waals surface area contributed by atoms with Crippen molar-refractivity contribution in [2.24, 2.45) is 0 Å². The Morgan fingerprint density at radius 2 is 1.94 bits per heavy atom. The summed E-state index contributed by atoms with van der Waals surface area (Å²) in [6.07, 6.45) is 1.58. The third kappa shape index (κ3) is 5.60. The number of fused-ring (bicyclic) bond motifs is 1. The summed E-state index contributed by atoms with van der Waals surface area (Å²) in [5.41, 5.74) is 3.63. The van der Waals surface area contributed by atoms with Crippen molar-refractivity contribution in [3.8, 4) is 5.75 Å². The van der Waals surface area contributed by atoms with Crippen LogP contribution in [-0.4, -0.2) is 47.4 Å². The largest absolute Gasteiger partial charge is 0.491 e. The molecule has 0 saturated carbocycles. The van der Waals surface area contributed by atoms with Crippen molar-refractivity contribution >= 4 is 34.8 Å². The summed E-state index contributed by atoms with van der Waals surface area (Å²) in [6, 6.07) is 15.0. The van der Waals surface area contributed by atoms with Crippen molar-refractivity contribution in [3.63, 3.8) is 0 Å². The van der Waals surface area contributed by atoms with E-state index in [9.17, 15) is 9.59 Å². The third-order valence-corrected chi connectivity index (χ3v) is 8.44. The molecule has 0 saturated heterocycles. The first-order chi connectivity index (χ1) is 17.3. The third-order valence-electron chi connectivity index (χ3n) is 7.02. The molecule has 1 aliphatic heterocycles. The lowest BCUT2D eigenvalue weighted by Gasteiger charge is -2.38. The molecule has 190 valence electrons. The monoisotopic (exact) mass is 524 g/mol. The van der Waals surface area contributed by atoms with E-state index < -0.39 is 0 Å². The van der Waals surface area contributed by atoms with Crippen molar-refractivity contribution in [2.75, 3.05) is 19.7 Å². The number of thiophene rings is 1. The van der Waals surface area contributed by atoms with Crippen LogP contribution in [0.15, 0.2) is 53.9 Å². The van der Waals surface area contributed by atoms with Crippen LogP contribution in [0.5, 0.6) is 5.75 Å². The van der Waals surface area contributed by atoms with Gasteiger partial charge < -0.3 is 14.5 Å². The molecule has 1 aromatic heterocycles. The van der Waals surface area contributed by atoms with Crippen LogP contribution >= 0.6 is 22.9 Å². The topological polar surface area (TPSA) is 49.9 Å². The number of hydrogen-bond donors (Lipinski definition) is 0. The molecule has 5 nitrogen and oxygen atoms in total. The number of rotatable bonds is 8. The van der Waals surface area contributed by atoms with Gasteiger partial charge in [0.25, 0.3) is 5.91 Å². The summed E-state index contributed by atoms with van der Waals surface area (Å²) in [5, 5.41) is 2.77. The lowest BCUT2D eigenvalue weighted by molar-refractivity contribution is -0.136. The molecular formula is C29H33ClN2O3S. The number of carbonyl (C=O) groups excluding carboxylic acids is 2. The molecule has 7 heteroatoms. The zero-order valence-electron chi connectivity index (χ0n) is 21.3. The van der Waals surface area contributed by atoms with E-state index in [1.165, 1.54) is 4.88 Å². The Kier molecular flexibility index (Phi) is 8.37. The molecule has 0 bridgehead atoms. The normalized spacial score (nSPS) is 15.8. The van der Waals surface area contributed by atoms with Crippen LogP contribution in [0.1, 0.15) is 58.2 Å². The van der Waals surface area contributed by atoms with Crippen molar-refractivity contribution in [1.29, 1.82) is 0 Å². The number of halogens is 1. The number of hydrogen-bond acceptors (Lipinski definition) is 4. The number of ether oxygens (including phenoxy) is 1. The highest BCUT2D eigenvalue weighted by molar-refractivity contribution is 7.10. The average Bonchev–Trinajstić information content (AvgIpc) is 3.36. The van der Waals surface area contributed by atoms with Crippen LogP contribution < -0.4 is 4.74 Å². The molecular weight excluding hydrogens is 492 g/mol. The molecule has 2 atom stereocenters. The molecule has 0 spiro atoms. The molecule has 1 aliphatic rings. The van der Waals surface area contributed by atoms with Gasteiger partial charge in [-0.2, -0.15) is 0 Å². The van der Waals surface area contributed by atoms with Crippen molar-refractivity contribution in [1.82, 2.24) is 9.80 Å². The fourth-order valence-electron chi connectivity index (χ4n) is 4.61. The van der Waals surface area contributed by atoms with Crippen LogP contribution in [0, 0.1) is 13.8 Å². The average molecular weight is 525 g/mol. The maximum Gasteiger partial charge on any atom is 0.254 e. The Morgan fingerprint density at radius 1 is 1.17 bits per heavy atom. The summed E-state index contributed by atoms with van der Waals surface area (Å²) >= 11 is 7.89. The number of carbonyl (C=O) groups is 2. The SMILES string of the molecule is CC[C@H](C)N(CC(=O)N1CCc2sccc2[C@H]1COc1ccc(Cl)c(C)c1)C(=O)c1ccccc1C. The summed E-state index contributed by atoms with van der Waals surface area (Å²) in [6.45, 7) is 8.89. The van der Waals surface area contributed by atoms with Crippen LogP contribution in [0.25, 0.3) is 0 Å². The van der Waals surface area contributed by atoms with E-state index in [4.69, 9.17) is 16.3 Å². The van der Waals surface area contributed by atoms with E-state index in [1.807, 2.05) is 75.1 Å². The standard InChI is InChI=1S/C29H33ClN2O3S/c1-5-21(4)32(29(34)23-9-7-6-8-19(23)2)17-28(33)31-14-12-27-24(13-15-36-27)26(31)18-35-22-10-11-25(30)20(3)16-22/h6-11,13,15-16,21,26H,5,12,14,17-18H2,1-4H3/t21-,26+/m0/s1. The molecule has 36 heavy (non-hydrogen) atoms. The van der Waals surface area contributed by atoms with E-state index in [0.29, 0.717) is 23.7 Å². The maximum atomic E-state index is 13.8. The van der Waals surface area contributed by atoms with Crippen molar-refractivity contribution in [2.45, 2.75) is 52.6 Å². The Morgan fingerprint density at radius 3 is 2.67 bits per heavy atom. The maximum absolute atomic E-state index is 13.8. The van der Waals surface area contributed by atoms with E-state index in [-0.39, 0.29) is 30.4 Å². The Balaban J connectivity index is 1.56. The quantitative estimate of drug-likeness (QED) is 0.339. The van der Waals surface area contributed by atoms with Gasteiger partial charge in [-0.05, 0) is 86.0 Å². The summed E-state index contributed by atoms with van der Waals surface area (Å²) in [7, 11) is 0. The lowest BCUT2D eigenvalue weighted by Crippen LogP contribution is -2.50. The molecule has 0 fully saturated rings. The van der Waals surface area contributed by atoms with Crippen LogP contribution in [0.3, 0.4) is 0 Å². The zero-order valence-corrected chi connectivity index (χ0v) is 22.9. The van der Waals surface area contributed by atoms with Gasteiger partial charge in [0.05, 0.1) is 6.04 Å². The second kappa shape index (κ2) is 11.5. The molecule has 2 amide bonds. The molecule has 2 aromatic carbocycles. The van der Waals surface area contributed by atoms with Gasteiger partial charge in [-0.1, -0.05) is 36.7 Å². The molecule has 0 unspecified atom stereocenters. The van der Waals surface area contributed by atoms with Gasteiger partial charge in [0, 0.05) is 28.0 Å². The highest BCUT2D eigenvalue weighted by atomic mass is 35.5. The summed E-state index contributed by atoms with van der Waals surface area (Å²) < 4.78 is 6.17. The van der Waals surface area contributed by atoms with E-state index in [2.05, 4.69) is 11.4 Å². The molecule has 3 aromatic rings. The smallest absolute Gasteiger partial charge is 0.254 e. The van der Waals surface area contributed by atoms with Gasteiger partial charge in [-0.15, -0.1) is 11.3 Å². The Bertz CT molecular complexity index is 1240. The first-order valence-electron chi connectivity index (χ1n) is 12.4. The number of aryl methyl sites for hydroxylation is 2. The van der Waals surface area contributed by atoms with Gasteiger partial charge >= 0.3 is 0 Å². The fourth-order valence-corrected chi connectivity index (χ4v) is 5.65. The molecule has 4 rings (SSSR count). The van der Waals surface area contributed by atoms with E-state index >= 15 is 0 Å². The van der Waals surface area contributed by atoms with Gasteiger partial charge in [0.2, 0.25) is 5.91 Å². The van der Waals surface area contributed by atoms with Crippen molar-refractivity contribution in [3.05, 3.63) is 86.1 Å². The van der Waals surface area contributed by atoms with Crippen molar-refractivity contribution < 1.29 is 14.3 Å². The second-order valence-electron chi connectivity index (χ2n) is 9.38. The van der Waals surface area contributed by atoms with Crippen LogP contribution in [-0.2, 0) is 11.2 Å². The number of benzene rings is 2. The first-order valence-corrected chi connectivity index (χ1v) is 13.7. The molecule has 0 N–H and O–H groups in total. The van der Waals surface area contributed by atoms with E-state index in [1.54, 1.807) is 16.2 Å². The second-order valence-corrected chi connectivity index (χ2v) is 10.8. The molecule has 0 aliphatic carbocycles. The fraction of sp³-hybridized carbons (Fsp3) is 0.379. The van der Waals surface area contributed by atoms with E-state index in [0.717, 1.165) is 35.3 Å². The Hall–Kier alpha value is -2.83. The lowest BCUT2D eigenvalue weighted by atomic mass is 10.00. The molecule has 2 heterocycles. The number of amides is 2. The highest BCUT2D eigenvalue weighted by Crippen LogP contribution is 2.34. The summed E-state index contributed by atoms with van der Waals surface area (Å²) in [4.78, 5) is 32.2. The first kappa shape index (κ1) is 26.2. The predicted molar refractivity (Wildman–Crippen MR) is 146 cm³/mol. The van der Waals surface area contributed by atoms with Crippen LogP contribution in [0.4, 0.5) is 0 Å². The number of nitrogens with zero attached hydrogens (tertiary/aromatic N) is 2. The van der Waals surface area contributed by atoms with Gasteiger partial charge in [0.1, 0.15) is 18.9 Å². The highest BCUT2D eigenvalue weighted by Gasteiger charge is 2.34. The van der Waals surface area contributed by atoms with Gasteiger partial charge in [-0.3, -0.25) is 9.59 Å². The summed E-state index contributed by atoms with van der Waals surface area (Å²) in [5.74, 6) is 0.561. The minimum absolute atomic E-state index is 0.0399. The van der Waals surface area contributed by atoms with Gasteiger partial charge in [-0.25, -0.2) is 0 Å². The Labute approximate surface area is 222 Å². The molecule has 0 radical (unpaired) electrons. The minimum Gasteiger partial charge on any atom is -0.491 e.